The summed E-state index contributed by atoms with van der Waals surface area (Å²) in [6, 6.07) is 8.12. The van der Waals surface area contributed by atoms with Gasteiger partial charge in [0.2, 0.25) is 4.80 Å². The van der Waals surface area contributed by atoms with Crippen LogP contribution in [-0.4, -0.2) is 40.4 Å². The van der Waals surface area contributed by atoms with E-state index in [0.717, 1.165) is 22.3 Å². The van der Waals surface area contributed by atoms with Crippen LogP contribution in [0.3, 0.4) is 0 Å². The molecule has 0 saturated heterocycles. The molecule has 0 N–H and O–H groups in total. The van der Waals surface area contributed by atoms with Crippen LogP contribution in [0.1, 0.15) is 6.92 Å². The predicted molar refractivity (Wildman–Crippen MR) is 109 cm³/mol. The Bertz CT molecular complexity index is 1170. The van der Waals surface area contributed by atoms with Gasteiger partial charge in [0, 0.05) is 25.3 Å². The number of sulfonamides is 1. The van der Waals surface area contributed by atoms with Crippen LogP contribution in [0.4, 0.5) is 4.39 Å². The Hall–Kier alpha value is -2.43. The summed E-state index contributed by atoms with van der Waals surface area (Å²) < 4.78 is 61.3. The number of nitrogens with zero attached hydrogens (tertiary/aromatic N) is 2. The van der Waals surface area contributed by atoms with Crippen molar-refractivity contribution in [2.24, 2.45) is 4.40 Å². The van der Waals surface area contributed by atoms with Crippen molar-refractivity contribution in [1.82, 2.24) is 4.57 Å². The summed E-state index contributed by atoms with van der Waals surface area (Å²) in [4.78, 5) is 0.196. The minimum absolute atomic E-state index is 0.0807. The Kier molecular flexibility index (Phi) is 6.56. The van der Waals surface area contributed by atoms with Crippen molar-refractivity contribution in [3.8, 4) is 11.5 Å². The van der Waals surface area contributed by atoms with Gasteiger partial charge in [0.15, 0.2) is 11.5 Å². The Morgan fingerprint density at radius 2 is 1.76 bits per heavy atom. The average molecular weight is 441 g/mol. The number of aromatic nitrogens is 1. The molecule has 0 amide bonds. The highest BCUT2D eigenvalue weighted by molar-refractivity contribution is 7.90. The molecule has 1 aromatic heterocycles. The van der Waals surface area contributed by atoms with Gasteiger partial charge < -0.3 is 18.8 Å². The number of fused-ring (bicyclic) bond motifs is 1. The van der Waals surface area contributed by atoms with Crippen LogP contribution >= 0.6 is 11.3 Å². The molecule has 1 heterocycles. The van der Waals surface area contributed by atoms with E-state index in [1.54, 1.807) is 16.7 Å². The van der Waals surface area contributed by atoms with Gasteiger partial charge in [0.05, 0.1) is 35.9 Å². The van der Waals surface area contributed by atoms with Crippen LogP contribution in [-0.2, 0) is 21.3 Å². The number of hydrogen-bond acceptors (Lipinski definition) is 6. The summed E-state index contributed by atoms with van der Waals surface area (Å²) >= 11 is 1.21. The lowest BCUT2D eigenvalue weighted by atomic mass is 10.3. The Balaban J connectivity index is 2.20. The third-order valence-corrected chi connectivity index (χ3v) is 6.60. The maximum absolute atomic E-state index is 13.2. The second kappa shape index (κ2) is 8.93. The molecule has 0 aliphatic heterocycles. The smallest absolute Gasteiger partial charge is 0.285 e. The Morgan fingerprint density at radius 1 is 1.10 bits per heavy atom. The standard InChI is InChI=1S/C19H21FN2O5S2/c1-4-27-10-9-22-15-11-16(25-2)17(26-3)12-18(15)28-19(22)21-29(23,24)14-7-5-13(20)6-8-14/h5-8,11-12H,4,9-10H2,1-3H3. The number of thiazole rings is 1. The first-order valence-corrected chi connectivity index (χ1v) is 11.0. The third-order valence-electron chi connectivity index (χ3n) is 4.16. The minimum atomic E-state index is -4.02. The van der Waals surface area contributed by atoms with Crippen molar-refractivity contribution in [2.75, 3.05) is 27.4 Å². The van der Waals surface area contributed by atoms with Crippen LogP contribution in [0.5, 0.6) is 11.5 Å². The average Bonchev–Trinajstić information content (AvgIpc) is 3.02. The zero-order valence-corrected chi connectivity index (χ0v) is 17.8. The maximum Gasteiger partial charge on any atom is 0.285 e. The molecular formula is C19H21FN2O5S2. The topological polar surface area (TPSA) is 79.1 Å². The molecule has 10 heteroatoms. The molecule has 0 saturated carbocycles. The zero-order chi connectivity index (χ0) is 21.0. The first-order valence-electron chi connectivity index (χ1n) is 8.79. The van der Waals surface area contributed by atoms with Gasteiger partial charge in [-0.05, 0) is 31.2 Å². The Labute approximate surface area is 172 Å². The minimum Gasteiger partial charge on any atom is -0.493 e. The molecular weight excluding hydrogens is 419 g/mol. The van der Waals surface area contributed by atoms with E-state index >= 15 is 0 Å². The van der Waals surface area contributed by atoms with Crippen molar-refractivity contribution in [2.45, 2.75) is 18.4 Å². The largest absolute Gasteiger partial charge is 0.493 e. The molecule has 29 heavy (non-hydrogen) atoms. The normalized spacial score (nSPS) is 12.5. The van der Waals surface area contributed by atoms with Crippen LogP contribution < -0.4 is 14.3 Å². The van der Waals surface area contributed by atoms with Gasteiger partial charge in [0.1, 0.15) is 5.82 Å². The van der Waals surface area contributed by atoms with Crippen molar-refractivity contribution in [3.05, 3.63) is 47.0 Å². The van der Waals surface area contributed by atoms with Gasteiger partial charge in [0.25, 0.3) is 10.0 Å². The fourth-order valence-corrected chi connectivity index (χ4v) is 5.01. The fourth-order valence-electron chi connectivity index (χ4n) is 2.75. The first-order chi connectivity index (χ1) is 13.9. The molecule has 0 spiro atoms. The zero-order valence-electron chi connectivity index (χ0n) is 16.2. The monoisotopic (exact) mass is 440 g/mol. The second-order valence-electron chi connectivity index (χ2n) is 5.93. The van der Waals surface area contributed by atoms with Crippen molar-refractivity contribution < 1.29 is 27.0 Å². The lowest BCUT2D eigenvalue weighted by Crippen LogP contribution is -2.20. The molecule has 0 aliphatic carbocycles. The van der Waals surface area contributed by atoms with E-state index in [9.17, 15) is 12.8 Å². The third kappa shape index (κ3) is 4.60. The molecule has 7 nitrogen and oxygen atoms in total. The molecule has 3 aromatic rings. The summed E-state index contributed by atoms with van der Waals surface area (Å²) in [6.07, 6.45) is 0. The molecule has 3 rings (SSSR count). The van der Waals surface area contributed by atoms with Gasteiger partial charge in [-0.1, -0.05) is 11.3 Å². The number of methoxy groups -OCH3 is 2. The van der Waals surface area contributed by atoms with E-state index in [0.29, 0.717) is 31.3 Å². The molecule has 0 bridgehead atoms. The summed E-state index contributed by atoms with van der Waals surface area (Å²) in [5.74, 6) is 0.541. The second-order valence-corrected chi connectivity index (χ2v) is 8.54. The van der Waals surface area contributed by atoms with Crippen molar-refractivity contribution in [3.63, 3.8) is 0 Å². The molecule has 156 valence electrons. The van der Waals surface area contributed by atoms with Crippen LogP contribution in [0.15, 0.2) is 45.7 Å². The summed E-state index contributed by atoms with van der Waals surface area (Å²) in [7, 11) is -0.953. The van der Waals surface area contributed by atoms with E-state index in [4.69, 9.17) is 14.2 Å². The molecule has 0 radical (unpaired) electrons. The lowest BCUT2D eigenvalue weighted by molar-refractivity contribution is 0.139. The highest BCUT2D eigenvalue weighted by Crippen LogP contribution is 2.33. The van der Waals surface area contributed by atoms with Gasteiger partial charge in [-0.15, -0.1) is 4.40 Å². The number of hydrogen-bond donors (Lipinski definition) is 0. The van der Waals surface area contributed by atoms with Crippen molar-refractivity contribution in [1.29, 1.82) is 0 Å². The highest BCUT2D eigenvalue weighted by atomic mass is 32.2. The summed E-state index contributed by atoms with van der Waals surface area (Å²) in [6.45, 7) is 3.22. The highest BCUT2D eigenvalue weighted by Gasteiger charge is 2.17. The van der Waals surface area contributed by atoms with E-state index in [-0.39, 0.29) is 9.70 Å². The number of ether oxygens (including phenoxy) is 3. The van der Waals surface area contributed by atoms with E-state index in [1.807, 2.05) is 6.92 Å². The number of halogens is 1. The molecule has 0 unspecified atom stereocenters. The van der Waals surface area contributed by atoms with Crippen LogP contribution in [0, 0.1) is 5.82 Å². The first kappa shape index (κ1) is 21.3. The van der Waals surface area contributed by atoms with Crippen LogP contribution in [0.25, 0.3) is 10.2 Å². The van der Waals surface area contributed by atoms with E-state index in [1.165, 1.54) is 37.7 Å². The maximum atomic E-state index is 13.2. The van der Waals surface area contributed by atoms with Gasteiger partial charge in [-0.25, -0.2) is 4.39 Å². The summed E-state index contributed by atoms with van der Waals surface area (Å²) in [5, 5.41) is 0. The molecule has 2 aromatic carbocycles. The van der Waals surface area contributed by atoms with Gasteiger partial charge in [-0.2, -0.15) is 8.42 Å². The fraction of sp³-hybridized carbons (Fsp3) is 0.316. The predicted octanol–water partition coefficient (Wildman–Crippen LogP) is 3.19. The Morgan fingerprint density at radius 3 is 2.38 bits per heavy atom. The van der Waals surface area contributed by atoms with E-state index < -0.39 is 15.8 Å². The quantitative estimate of drug-likeness (QED) is 0.503. The SMILES string of the molecule is CCOCCn1c(=NS(=O)(=O)c2ccc(F)cc2)sc2cc(OC)c(OC)cc21. The summed E-state index contributed by atoms with van der Waals surface area (Å²) in [5.41, 5.74) is 0.750. The molecule has 0 aliphatic rings. The van der Waals surface area contributed by atoms with Crippen LogP contribution in [0.2, 0.25) is 0 Å². The molecule has 0 fully saturated rings. The van der Waals surface area contributed by atoms with Gasteiger partial charge >= 0.3 is 0 Å². The van der Waals surface area contributed by atoms with E-state index in [2.05, 4.69) is 4.40 Å². The number of rotatable bonds is 8. The lowest BCUT2D eigenvalue weighted by Gasteiger charge is -2.09. The molecule has 0 atom stereocenters. The van der Waals surface area contributed by atoms with Crippen molar-refractivity contribution >= 4 is 31.6 Å². The number of benzene rings is 2. The van der Waals surface area contributed by atoms with Gasteiger partial charge in [-0.3, -0.25) is 0 Å².